The lowest BCUT2D eigenvalue weighted by atomic mass is 9.92. The van der Waals surface area contributed by atoms with E-state index >= 15 is 0 Å². The van der Waals surface area contributed by atoms with E-state index in [9.17, 15) is 14.9 Å². The zero-order chi connectivity index (χ0) is 21.6. The molecule has 1 aromatic carbocycles. The van der Waals surface area contributed by atoms with Crippen molar-refractivity contribution >= 4 is 17.7 Å². The van der Waals surface area contributed by atoms with Crippen molar-refractivity contribution in [1.82, 2.24) is 15.2 Å². The minimum absolute atomic E-state index is 0.0694. The van der Waals surface area contributed by atoms with Crippen LogP contribution < -0.4 is 20.6 Å². The summed E-state index contributed by atoms with van der Waals surface area (Å²) < 4.78 is 10.7. The van der Waals surface area contributed by atoms with Gasteiger partial charge in [-0.1, -0.05) is 27.7 Å². The Morgan fingerprint density at radius 3 is 2.69 bits per heavy atom. The Bertz CT molecular complexity index is 964. The maximum Gasteiger partial charge on any atom is 0.363 e. The number of benzene rings is 1. The number of nitro benzene ring substituents is 1. The maximum absolute atomic E-state index is 11.5. The fourth-order valence-electron chi connectivity index (χ4n) is 2.42. The number of anilines is 1. The standard InChI is InChI=1S/C18H24N6O5/c1-6-7-29-14-12(24(26)27)8-11(9-13(14)28-5)10-19-22-16-15(18(2,3)4)21-23-17(25)20-16/h8-10H,6-7H2,1-5H3,(H2,20,22,23,25)/b19-10+. The SMILES string of the molecule is CCCOc1c(OC)cc(/C=N/Nc2nc(=O)[nH]nc2C(C)(C)C)cc1[N+](=O)[O-]. The van der Waals surface area contributed by atoms with Crippen LogP contribution in [0.1, 0.15) is 45.4 Å². The summed E-state index contributed by atoms with van der Waals surface area (Å²) in [5.41, 5.74) is 2.35. The Morgan fingerprint density at radius 2 is 2.10 bits per heavy atom. The van der Waals surface area contributed by atoms with Gasteiger partial charge in [-0.2, -0.15) is 15.2 Å². The number of ether oxygens (including phenoxy) is 2. The molecule has 0 unspecified atom stereocenters. The van der Waals surface area contributed by atoms with Gasteiger partial charge in [-0.15, -0.1) is 0 Å². The molecule has 0 atom stereocenters. The maximum atomic E-state index is 11.5. The second-order valence-corrected chi connectivity index (χ2v) is 7.13. The summed E-state index contributed by atoms with van der Waals surface area (Å²) in [4.78, 5) is 26.3. The van der Waals surface area contributed by atoms with Gasteiger partial charge in [0.2, 0.25) is 5.75 Å². The number of aromatic nitrogens is 3. The zero-order valence-electron chi connectivity index (χ0n) is 17.0. The summed E-state index contributed by atoms with van der Waals surface area (Å²) in [6.45, 7) is 7.95. The first-order valence-corrected chi connectivity index (χ1v) is 8.92. The van der Waals surface area contributed by atoms with E-state index in [4.69, 9.17) is 9.47 Å². The molecule has 0 aliphatic carbocycles. The quantitative estimate of drug-likeness (QED) is 0.388. The Hall–Kier alpha value is -3.50. The number of hydrogen-bond donors (Lipinski definition) is 2. The third-order valence-corrected chi connectivity index (χ3v) is 3.72. The van der Waals surface area contributed by atoms with Crippen LogP contribution in [0.4, 0.5) is 11.5 Å². The van der Waals surface area contributed by atoms with Crippen molar-refractivity contribution in [3.05, 3.63) is 44.0 Å². The van der Waals surface area contributed by atoms with Crippen molar-refractivity contribution in [1.29, 1.82) is 0 Å². The van der Waals surface area contributed by atoms with E-state index in [-0.39, 0.29) is 23.0 Å². The number of nitro groups is 1. The van der Waals surface area contributed by atoms with Crippen molar-refractivity contribution in [3.8, 4) is 11.5 Å². The lowest BCUT2D eigenvalue weighted by molar-refractivity contribution is -0.386. The van der Waals surface area contributed by atoms with Gasteiger partial charge in [-0.05, 0) is 12.5 Å². The molecule has 1 heterocycles. The molecule has 11 heteroatoms. The smallest absolute Gasteiger partial charge is 0.363 e. The Labute approximate surface area is 167 Å². The van der Waals surface area contributed by atoms with Gasteiger partial charge in [0.15, 0.2) is 11.6 Å². The van der Waals surface area contributed by atoms with Crippen LogP contribution in [0, 0.1) is 10.1 Å². The van der Waals surface area contributed by atoms with Gasteiger partial charge in [-0.25, -0.2) is 9.89 Å². The fraction of sp³-hybridized carbons (Fsp3) is 0.444. The highest BCUT2D eigenvalue weighted by molar-refractivity contribution is 5.83. The minimum atomic E-state index is -0.620. The summed E-state index contributed by atoms with van der Waals surface area (Å²) in [6.07, 6.45) is 2.05. The molecule has 0 spiro atoms. The van der Waals surface area contributed by atoms with Crippen LogP contribution in [0.5, 0.6) is 11.5 Å². The third-order valence-electron chi connectivity index (χ3n) is 3.72. The monoisotopic (exact) mass is 404 g/mol. The molecule has 156 valence electrons. The summed E-state index contributed by atoms with van der Waals surface area (Å²) in [5.74, 6) is 0.488. The zero-order valence-corrected chi connectivity index (χ0v) is 17.0. The predicted octanol–water partition coefficient (Wildman–Crippen LogP) is 2.61. The number of aromatic amines is 1. The van der Waals surface area contributed by atoms with E-state index in [0.29, 0.717) is 24.3 Å². The molecule has 0 saturated heterocycles. The molecule has 2 rings (SSSR count). The van der Waals surface area contributed by atoms with Crippen molar-refractivity contribution in [2.45, 2.75) is 39.5 Å². The van der Waals surface area contributed by atoms with E-state index < -0.39 is 16.0 Å². The first kappa shape index (κ1) is 21.8. The van der Waals surface area contributed by atoms with Gasteiger partial charge in [0.1, 0.15) is 5.69 Å². The van der Waals surface area contributed by atoms with Crippen molar-refractivity contribution in [2.75, 3.05) is 19.1 Å². The summed E-state index contributed by atoms with van der Waals surface area (Å²) >= 11 is 0. The number of hydrogen-bond acceptors (Lipinski definition) is 9. The number of hydrazone groups is 1. The van der Waals surface area contributed by atoms with E-state index in [1.54, 1.807) is 6.07 Å². The largest absolute Gasteiger partial charge is 0.493 e. The second-order valence-electron chi connectivity index (χ2n) is 7.13. The Balaban J connectivity index is 2.36. The third kappa shape index (κ3) is 5.50. The second kappa shape index (κ2) is 9.13. The van der Waals surface area contributed by atoms with Gasteiger partial charge in [0.25, 0.3) is 0 Å². The molecule has 0 aliphatic heterocycles. The Morgan fingerprint density at radius 1 is 1.38 bits per heavy atom. The molecular weight excluding hydrogens is 380 g/mol. The van der Waals surface area contributed by atoms with Crippen molar-refractivity contribution < 1.29 is 14.4 Å². The minimum Gasteiger partial charge on any atom is -0.493 e. The van der Waals surface area contributed by atoms with Gasteiger partial charge < -0.3 is 9.47 Å². The molecule has 0 radical (unpaired) electrons. The van der Waals surface area contributed by atoms with E-state index in [2.05, 4.69) is 25.7 Å². The molecule has 29 heavy (non-hydrogen) atoms. The van der Waals surface area contributed by atoms with Crippen molar-refractivity contribution in [2.24, 2.45) is 5.10 Å². The first-order chi connectivity index (χ1) is 13.7. The van der Waals surface area contributed by atoms with E-state index in [1.807, 2.05) is 27.7 Å². The van der Waals surface area contributed by atoms with Gasteiger partial charge >= 0.3 is 11.4 Å². The van der Waals surface area contributed by atoms with Crippen molar-refractivity contribution in [3.63, 3.8) is 0 Å². The summed E-state index contributed by atoms with van der Waals surface area (Å²) in [7, 11) is 1.40. The first-order valence-electron chi connectivity index (χ1n) is 8.92. The Kier molecular flexibility index (Phi) is 6.86. The van der Waals surface area contributed by atoms with Crippen LogP contribution in [0.3, 0.4) is 0 Å². The van der Waals surface area contributed by atoms with Gasteiger partial charge in [-0.3, -0.25) is 15.5 Å². The molecule has 0 bridgehead atoms. The molecule has 11 nitrogen and oxygen atoms in total. The van der Waals surface area contributed by atoms with E-state index in [1.165, 1.54) is 19.4 Å². The number of rotatable bonds is 8. The fourth-order valence-corrected chi connectivity index (χ4v) is 2.42. The molecule has 0 aliphatic rings. The molecule has 2 aromatic rings. The normalized spacial score (nSPS) is 11.5. The average molecular weight is 404 g/mol. The number of nitrogens with zero attached hydrogens (tertiary/aromatic N) is 4. The van der Waals surface area contributed by atoms with Crippen LogP contribution in [0.15, 0.2) is 22.0 Å². The predicted molar refractivity (Wildman–Crippen MR) is 108 cm³/mol. The molecular formula is C18H24N6O5. The topological polar surface area (TPSA) is 145 Å². The molecule has 0 amide bonds. The highest BCUT2D eigenvalue weighted by atomic mass is 16.6. The number of methoxy groups -OCH3 is 1. The summed E-state index contributed by atoms with van der Waals surface area (Å²) in [5, 5.41) is 21.8. The lowest BCUT2D eigenvalue weighted by Crippen LogP contribution is -2.24. The van der Waals surface area contributed by atoms with Crippen LogP contribution >= 0.6 is 0 Å². The average Bonchev–Trinajstić information content (AvgIpc) is 2.65. The highest BCUT2D eigenvalue weighted by Crippen LogP contribution is 2.38. The molecule has 1 aromatic heterocycles. The van der Waals surface area contributed by atoms with Gasteiger partial charge in [0.05, 0.1) is 24.9 Å². The van der Waals surface area contributed by atoms with E-state index in [0.717, 1.165) is 0 Å². The van der Waals surface area contributed by atoms with Crippen LogP contribution in [-0.2, 0) is 5.41 Å². The summed E-state index contributed by atoms with van der Waals surface area (Å²) in [6, 6.07) is 2.89. The number of nitrogens with one attached hydrogen (secondary N) is 2. The molecule has 2 N–H and O–H groups in total. The molecule has 0 saturated carbocycles. The van der Waals surface area contributed by atoms with Crippen LogP contribution in [0.2, 0.25) is 0 Å². The van der Waals surface area contributed by atoms with Crippen LogP contribution in [-0.4, -0.2) is 40.0 Å². The van der Waals surface area contributed by atoms with Crippen LogP contribution in [0.25, 0.3) is 0 Å². The number of H-pyrrole nitrogens is 1. The highest BCUT2D eigenvalue weighted by Gasteiger charge is 2.23. The lowest BCUT2D eigenvalue weighted by Gasteiger charge is -2.18. The molecule has 0 fully saturated rings. The van der Waals surface area contributed by atoms with Gasteiger partial charge in [0, 0.05) is 17.0 Å².